The molecule has 1 aliphatic carbocycles. The van der Waals surface area contributed by atoms with E-state index in [4.69, 9.17) is 4.84 Å². The lowest BCUT2D eigenvalue weighted by Crippen LogP contribution is -2.52. The van der Waals surface area contributed by atoms with E-state index in [9.17, 15) is 18.0 Å². The number of hydroxylamine groups is 2. The maximum atomic E-state index is 13.0. The summed E-state index contributed by atoms with van der Waals surface area (Å²) in [5.74, 6) is -0.127. The Morgan fingerprint density at radius 3 is 2.76 bits per heavy atom. The summed E-state index contributed by atoms with van der Waals surface area (Å²) < 4.78 is 39.1. The Morgan fingerprint density at radius 1 is 1.15 bits per heavy atom. The van der Waals surface area contributed by atoms with Crippen LogP contribution in [0.15, 0.2) is 48.2 Å². The number of hydrogen-bond acceptors (Lipinski definition) is 5. The molecule has 9 heteroatoms. The molecule has 0 radical (unpaired) electrons. The Morgan fingerprint density at radius 2 is 1.97 bits per heavy atom. The van der Waals surface area contributed by atoms with Crippen LogP contribution in [0.1, 0.15) is 38.7 Å². The average molecular weight is 467 g/mol. The number of amides is 1. The zero-order valence-corrected chi connectivity index (χ0v) is 19.3. The van der Waals surface area contributed by atoms with E-state index in [0.717, 1.165) is 37.6 Å². The highest BCUT2D eigenvalue weighted by molar-refractivity contribution is 5.80. The first-order valence-electron chi connectivity index (χ1n) is 11.6. The Hall–Kier alpha value is -2.36. The Kier molecular flexibility index (Phi) is 8.94. The van der Waals surface area contributed by atoms with E-state index in [1.807, 2.05) is 30.9 Å². The number of piperazine rings is 1. The number of carbonyl (C=O) groups is 1. The lowest BCUT2D eigenvalue weighted by atomic mass is 10.1. The van der Waals surface area contributed by atoms with Crippen molar-refractivity contribution in [3.8, 4) is 0 Å². The van der Waals surface area contributed by atoms with E-state index in [-0.39, 0.29) is 25.2 Å². The highest BCUT2D eigenvalue weighted by atomic mass is 19.4. The first kappa shape index (κ1) is 25.3. The predicted molar refractivity (Wildman–Crippen MR) is 122 cm³/mol. The summed E-state index contributed by atoms with van der Waals surface area (Å²) in [4.78, 5) is 22.4. The number of halogens is 3. The van der Waals surface area contributed by atoms with Crippen molar-refractivity contribution in [2.24, 2.45) is 0 Å². The molecule has 182 valence electrons. The molecular weight excluding hydrogens is 433 g/mol. The molecule has 4 rings (SSSR count). The average Bonchev–Trinajstić information content (AvgIpc) is 3.20. The molecule has 1 aromatic rings. The van der Waals surface area contributed by atoms with E-state index in [1.54, 1.807) is 6.07 Å². The number of rotatable bonds is 4. The molecule has 0 aromatic heterocycles. The number of fused-ring (bicyclic) bond motifs is 1. The van der Waals surface area contributed by atoms with Crippen molar-refractivity contribution in [3.63, 3.8) is 0 Å². The molecule has 2 aliphatic heterocycles. The van der Waals surface area contributed by atoms with E-state index >= 15 is 0 Å². The third-order valence-electron chi connectivity index (χ3n) is 5.84. The third kappa shape index (κ3) is 6.59. The zero-order valence-electron chi connectivity index (χ0n) is 19.3. The Balaban J connectivity index is 0.00000149. The second-order valence-electron chi connectivity index (χ2n) is 7.98. The monoisotopic (exact) mass is 466 g/mol. The van der Waals surface area contributed by atoms with Gasteiger partial charge in [0.2, 0.25) is 0 Å². The first-order chi connectivity index (χ1) is 15.9. The maximum absolute atomic E-state index is 13.0. The van der Waals surface area contributed by atoms with Gasteiger partial charge in [0, 0.05) is 31.9 Å². The number of nitrogens with one attached hydrogen (secondary N) is 1. The summed E-state index contributed by atoms with van der Waals surface area (Å²) in [7, 11) is 0. The van der Waals surface area contributed by atoms with E-state index in [0.29, 0.717) is 25.3 Å². The summed E-state index contributed by atoms with van der Waals surface area (Å²) in [6.45, 7) is 7.15. The number of allylic oxidation sites excluding steroid dienone is 3. The molecule has 1 N–H and O–H groups in total. The number of hydrogen-bond donors (Lipinski definition) is 1. The Labute approximate surface area is 193 Å². The van der Waals surface area contributed by atoms with Crippen LogP contribution in [0.25, 0.3) is 0 Å². The summed E-state index contributed by atoms with van der Waals surface area (Å²) in [5, 5.41) is 4.66. The highest BCUT2D eigenvalue weighted by Crippen LogP contribution is 2.32. The molecule has 2 heterocycles. The molecule has 2 fully saturated rings. The number of nitrogens with zero attached hydrogens (tertiary/aromatic N) is 3. The van der Waals surface area contributed by atoms with E-state index < -0.39 is 11.7 Å². The number of benzene rings is 1. The van der Waals surface area contributed by atoms with Crippen molar-refractivity contribution in [1.29, 1.82) is 0 Å². The SMILES string of the molecule is CC.O=C1CNC2CCC=CC=C2N1OCN1CCCN(c2cccc(C(F)(F)F)c2)CC1. The van der Waals surface area contributed by atoms with Gasteiger partial charge in [-0.3, -0.25) is 19.8 Å². The summed E-state index contributed by atoms with van der Waals surface area (Å²) >= 11 is 0. The van der Waals surface area contributed by atoms with Crippen molar-refractivity contribution in [3.05, 3.63) is 53.8 Å². The van der Waals surface area contributed by atoms with Gasteiger partial charge in [-0.2, -0.15) is 18.2 Å². The van der Waals surface area contributed by atoms with Gasteiger partial charge in [-0.15, -0.1) is 0 Å². The fourth-order valence-electron chi connectivity index (χ4n) is 4.16. The second kappa shape index (κ2) is 11.7. The van der Waals surface area contributed by atoms with Crippen LogP contribution in [0.5, 0.6) is 0 Å². The fourth-order valence-corrected chi connectivity index (χ4v) is 4.16. The van der Waals surface area contributed by atoms with Crippen LogP contribution < -0.4 is 10.2 Å². The third-order valence-corrected chi connectivity index (χ3v) is 5.84. The van der Waals surface area contributed by atoms with Crippen LogP contribution in [0.2, 0.25) is 0 Å². The standard InChI is InChI=1S/C22H27F3N4O2.C2H6/c23-22(24,25)17-6-4-7-18(14-17)28-11-5-10-27(12-13-28)16-31-29-20-9-3-1-2-8-19(20)26-15-21(29)30;1-2/h1,3-4,6-7,9,14,19,26H,2,5,8,10-13,15-16H2;1-2H3. The topological polar surface area (TPSA) is 48.1 Å². The minimum atomic E-state index is -4.35. The largest absolute Gasteiger partial charge is 0.416 e. The lowest BCUT2D eigenvalue weighted by molar-refractivity contribution is -0.194. The first-order valence-corrected chi connectivity index (χ1v) is 11.6. The molecule has 3 aliphatic rings. The van der Waals surface area contributed by atoms with Crippen molar-refractivity contribution in [2.75, 3.05) is 44.4 Å². The second-order valence-corrected chi connectivity index (χ2v) is 7.98. The normalized spacial score (nSPS) is 22.0. The van der Waals surface area contributed by atoms with Crippen LogP contribution in [-0.4, -0.2) is 61.4 Å². The Bertz CT molecular complexity index is 856. The molecular formula is C24H33F3N4O2. The smallest absolute Gasteiger partial charge is 0.370 e. The fraction of sp³-hybridized carbons (Fsp3) is 0.542. The van der Waals surface area contributed by atoms with Gasteiger partial charge in [0.25, 0.3) is 5.91 Å². The molecule has 0 saturated carbocycles. The van der Waals surface area contributed by atoms with Gasteiger partial charge >= 0.3 is 6.18 Å². The molecule has 1 unspecified atom stereocenters. The van der Waals surface area contributed by atoms with Crippen LogP contribution in [0.3, 0.4) is 0 Å². The minimum absolute atomic E-state index is 0.0910. The van der Waals surface area contributed by atoms with Crippen LogP contribution in [0, 0.1) is 0 Å². The van der Waals surface area contributed by atoms with Gasteiger partial charge in [0.15, 0.2) is 0 Å². The maximum Gasteiger partial charge on any atom is 0.416 e. The van der Waals surface area contributed by atoms with Crippen molar-refractivity contribution in [2.45, 2.75) is 45.3 Å². The highest BCUT2D eigenvalue weighted by Gasteiger charge is 2.33. The number of alkyl halides is 3. The van der Waals surface area contributed by atoms with E-state index in [2.05, 4.69) is 16.3 Å². The van der Waals surface area contributed by atoms with E-state index in [1.165, 1.54) is 17.2 Å². The molecule has 1 atom stereocenters. The van der Waals surface area contributed by atoms with Crippen LogP contribution in [-0.2, 0) is 15.8 Å². The minimum Gasteiger partial charge on any atom is -0.370 e. The lowest BCUT2D eigenvalue weighted by Gasteiger charge is -2.35. The number of carbonyl (C=O) groups excluding carboxylic acids is 1. The van der Waals surface area contributed by atoms with Gasteiger partial charge in [0.1, 0.15) is 6.73 Å². The van der Waals surface area contributed by atoms with Crippen molar-refractivity contribution >= 4 is 11.6 Å². The summed E-state index contributed by atoms with van der Waals surface area (Å²) in [5.41, 5.74) is 0.769. The van der Waals surface area contributed by atoms with Crippen molar-refractivity contribution < 1.29 is 22.8 Å². The summed E-state index contributed by atoms with van der Waals surface area (Å²) in [6, 6.07) is 5.56. The summed E-state index contributed by atoms with van der Waals surface area (Å²) in [6.07, 6.45) is 4.24. The van der Waals surface area contributed by atoms with Gasteiger partial charge in [-0.05, 0) is 43.5 Å². The van der Waals surface area contributed by atoms with Crippen molar-refractivity contribution in [1.82, 2.24) is 15.3 Å². The number of anilines is 1. The van der Waals surface area contributed by atoms with Gasteiger partial charge in [0.05, 0.1) is 23.8 Å². The van der Waals surface area contributed by atoms with Crippen LogP contribution >= 0.6 is 0 Å². The van der Waals surface area contributed by atoms with Gasteiger partial charge in [-0.25, -0.2) is 0 Å². The molecule has 33 heavy (non-hydrogen) atoms. The molecule has 2 saturated heterocycles. The molecule has 1 aromatic carbocycles. The zero-order chi connectivity index (χ0) is 23.8. The molecule has 0 spiro atoms. The van der Waals surface area contributed by atoms with Gasteiger partial charge < -0.3 is 4.90 Å². The molecule has 0 bridgehead atoms. The molecule has 1 amide bonds. The van der Waals surface area contributed by atoms with Gasteiger partial charge in [-0.1, -0.05) is 32.1 Å². The predicted octanol–water partition coefficient (Wildman–Crippen LogP) is 4.17. The van der Waals surface area contributed by atoms with Crippen LogP contribution in [0.4, 0.5) is 18.9 Å². The quantitative estimate of drug-likeness (QED) is 0.722. The molecule has 6 nitrogen and oxygen atoms in total.